The Bertz CT molecular complexity index is 1230. The highest BCUT2D eigenvalue weighted by molar-refractivity contribution is 7.89. The van der Waals surface area contributed by atoms with E-state index < -0.39 is 10.0 Å². The molecule has 1 aliphatic rings. The molecule has 3 aromatic rings. The van der Waals surface area contributed by atoms with E-state index in [2.05, 4.69) is 20.0 Å². The first kappa shape index (κ1) is 21.5. The van der Waals surface area contributed by atoms with Crippen LogP contribution < -0.4 is 4.90 Å². The summed E-state index contributed by atoms with van der Waals surface area (Å²) in [4.78, 5) is 11.6. The van der Waals surface area contributed by atoms with E-state index in [1.54, 1.807) is 10.4 Å². The third-order valence-corrected chi connectivity index (χ3v) is 7.60. The van der Waals surface area contributed by atoms with Crippen LogP contribution in [0, 0.1) is 34.6 Å². The van der Waals surface area contributed by atoms with Crippen molar-refractivity contribution in [3.05, 3.63) is 58.7 Å². The van der Waals surface area contributed by atoms with Gasteiger partial charge in [-0.05, 0) is 57.9 Å². The van der Waals surface area contributed by atoms with Crippen LogP contribution in [-0.2, 0) is 10.0 Å². The first-order valence-electron chi connectivity index (χ1n) is 10.4. The van der Waals surface area contributed by atoms with E-state index >= 15 is 0 Å². The Morgan fingerprint density at radius 3 is 2.16 bits per heavy atom. The van der Waals surface area contributed by atoms with Gasteiger partial charge in [-0.1, -0.05) is 12.1 Å². The van der Waals surface area contributed by atoms with E-state index in [0.717, 1.165) is 34.2 Å². The van der Waals surface area contributed by atoms with Crippen molar-refractivity contribution in [3.8, 4) is 5.82 Å². The molecule has 0 unspecified atom stereocenters. The Morgan fingerprint density at radius 1 is 0.839 bits per heavy atom. The smallest absolute Gasteiger partial charge is 0.243 e. The van der Waals surface area contributed by atoms with Crippen molar-refractivity contribution in [1.82, 2.24) is 24.1 Å². The SMILES string of the molecule is Cc1ccc(C)c(S(=O)(=O)N2CCN(c3cc(-n4nc(C)cc4C)nc(C)n3)CC2)c1. The predicted molar refractivity (Wildman–Crippen MR) is 120 cm³/mol. The summed E-state index contributed by atoms with van der Waals surface area (Å²) in [7, 11) is -3.52. The molecule has 0 N–H and O–H groups in total. The summed E-state index contributed by atoms with van der Waals surface area (Å²) in [6.07, 6.45) is 0. The van der Waals surface area contributed by atoms with Crippen LogP contribution >= 0.6 is 0 Å². The average Bonchev–Trinajstić information content (AvgIpc) is 3.07. The average molecular weight is 441 g/mol. The van der Waals surface area contributed by atoms with Gasteiger partial charge in [-0.15, -0.1) is 0 Å². The van der Waals surface area contributed by atoms with E-state index in [4.69, 9.17) is 0 Å². The van der Waals surface area contributed by atoms with E-state index in [-0.39, 0.29) is 0 Å². The van der Waals surface area contributed by atoms with Crippen LogP contribution in [0.15, 0.2) is 35.2 Å². The van der Waals surface area contributed by atoms with E-state index in [9.17, 15) is 8.42 Å². The minimum Gasteiger partial charge on any atom is -0.354 e. The van der Waals surface area contributed by atoms with Crippen LogP contribution in [0.3, 0.4) is 0 Å². The van der Waals surface area contributed by atoms with E-state index in [0.29, 0.717) is 36.9 Å². The molecule has 1 aliphatic heterocycles. The van der Waals surface area contributed by atoms with Crippen LogP contribution in [0.1, 0.15) is 28.3 Å². The van der Waals surface area contributed by atoms with Crippen molar-refractivity contribution in [2.45, 2.75) is 39.5 Å². The van der Waals surface area contributed by atoms with Gasteiger partial charge < -0.3 is 4.90 Å². The third kappa shape index (κ3) is 4.20. The molecule has 4 rings (SSSR count). The fourth-order valence-corrected chi connectivity index (χ4v) is 5.68. The molecule has 0 spiro atoms. The normalized spacial score (nSPS) is 15.5. The fraction of sp³-hybridized carbons (Fsp3) is 0.409. The molecular formula is C22H28N6O2S. The number of aromatic nitrogens is 4. The molecule has 8 nitrogen and oxygen atoms in total. The third-order valence-electron chi connectivity index (χ3n) is 5.56. The Labute approximate surface area is 183 Å². The zero-order chi connectivity index (χ0) is 22.3. The zero-order valence-electron chi connectivity index (χ0n) is 18.6. The highest BCUT2D eigenvalue weighted by Crippen LogP contribution is 2.24. The molecule has 0 amide bonds. The maximum Gasteiger partial charge on any atom is 0.243 e. The molecule has 0 atom stereocenters. The summed E-state index contributed by atoms with van der Waals surface area (Å²) in [5.74, 6) is 2.17. The lowest BCUT2D eigenvalue weighted by Crippen LogP contribution is -2.49. The second-order valence-corrected chi connectivity index (χ2v) is 10.0. The Morgan fingerprint density at radius 2 is 1.52 bits per heavy atom. The summed E-state index contributed by atoms with van der Waals surface area (Å²) in [5, 5.41) is 4.52. The summed E-state index contributed by atoms with van der Waals surface area (Å²) in [6, 6.07) is 9.48. The van der Waals surface area contributed by atoms with Crippen molar-refractivity contribution in [2.75, 3.05) is 31.1 Å². The molecule has 0 saturated carbocycles. The minimum absolute atomic E-state index is 0.394. The number of hydrogen-bond acceptors (Lipinski definition) is 6. The van der Waals surface area contributed by atoms with E-state index in [1.165, 1.54) is 0 Å². The van der Waals surface area contributed by atoms with Gasteiger partial charge in [0.25, 0.3) is 0 Å². The number of piperazine rings is 1. The van der Waals surface area contributed by atoms with Crippen molar-refractivity contribution < 1.29 is 8.42 Å². The van der Waals surface area contributed by atoms with Gasteiger partial charge in [0.15, 0.2) is 5.82 Å². The van der Waals surface area contributed by atoms with E-state index in [1.807, 2.05) is 63.6 Å². The van der Waals surface area contributed by atoms with Gasteiger partial charge in [0, 0.05) is 37.9 Å². The van der Waals surface area contributed by atoms with Crippen LogP contribution in [0.4, 0.5) is 5.82 Å². The number of rotatable bonds is 4. The molecular weight excluding hydrogens is 412 g/mol. The highest BCUT2D eigenvalue weighted by Gasteiger charge is 2.30. The van der Waals surface area contributed by atoms with Crippen LogP contribution in [0.2, 0.25) is 0 Å². The first-order chi connectivity index (χ1) is 14.6. The van der Waals surface area contributed by atoms with Crippen molar-refractivity contribution in [1.29, 1.82) is 0 Å². The Balaban J connectivity index is 1.55. The molecule has 0 radical (unpaired) electrons. The molecule has 1 fully saturated rings. The molecule has 9 heteroatoms. The predicted octanol–water partition coefficient (Wildman–Crippen LogP) is 2.72. The maximum absolute atomic E-state index is 13.2. The molecule has 3 heterocycles. The molecule has 1 saturated heterocycles. The molecule has 164 valence electrons. The first-order valence-corrected chi connectivity index (χ1v) is 11.8. The lowest BCUT2D eigenvalue weighted by molar-refractivity contribution is 0.383. The van der Waals surface area contributed by atoms with Crippen molar-refractivity contribution in [2.24, 2.45) is 0 Å². The monoisotopic (exact) mass is 440 g/mol. The molecule has 0 bridgehead atoms. The van der Waals surface area contributed by atoms with Gasteiger partial charge in [-0.2, -0.15) is 9.40 Å². The van der Waals surface area contributed by atoms with Gasteiger partial charge in [0.05, 0.1) is 10.6 Å². The summed E-state index contributed by atoms with van der Waals surface area (Å²) in [5.41, 5.74) is 3.65. The summed E-state index contributed by atoms with van der Waals surface area (Å²) >= 11 is 0. The quantitative estimate of drug-likeness (QED) is 0.620. The second kappa shape index (κ2) is 8.05. The fourth-order valence-electron chi connectivity index (χ4n) is 3.95. The Kier molecular flexibility index (Phi) is 5.57. The van der Waals surface area contributed by atoms with Gasteiger partial charge in [-0.25, -0.2) is 23.1 Å². The van der Waals surface area contributed by atoms with Crippen LogP contribution in [0.25, 0.3) is 5.82 Å². The van der Waals surface area contributed by atoms with Crippen LogP contribution in [-0.4, -0.2) is 58.7 Å². The minimum atomic E-state index is -3.52. The van der Waals surface area contributed by atoms with Crippen molar-refractivity contribution in [3.63, 3.8) is 0 Å². The summed E-state index contributed by atoms with van der Waals surface area (Å²) < 4.78 is 29.8. The highest BCUT2D eigenvalue weighted by atomic mass is 32.2. The molecule has 2 aromatic heterocycles. The number of anilines is 1. The number of nitrogens with zero attached hydrogens (tertiary/aromatic N) is 6. The largest absolute Gasteiger partial charge is 0.354 e. The lowest BCUT2D eigenvalue weighted by Gasteiger charge is -2.35. The molecule has 0 aliphatic carbocycles. The second-order valence-electron chi connectivity index (χ2n) is 8.13. The van der Waals surface area contributed by atoms with Crippen LogP contribution in [0.5, 0.6) is 0 Å². The number of hydrogen-bond donors (Lipinski definition) is 0. The van der Waals surface area contributed by atoms with Gasteiger partial charge >= 0.3 is 0 Å². The molecule has 1 aromatic carbocycles. The Hall–Kier alpha value is -2.78. The van der Waals surface area contributed by atoms with Gasteiger partial charge in [-0.3, -0.25) is 0 Å². The topological polar surface area (TPSA) is 84.2 Å². The standard InChI is InChI=1S/C22H28N6O2S/c1-15-6-7-16(2)20(12-15)31(29,30)27-10-8-26(9-11-27)21-14-22(24-19(5)23-21)28-18(4)13-17(3)25-28/h6-7,12-14H,8-11H2,1-5H3. The van der Waals surface area contributed by atoms with Gasteiger partial charge in [0.2, 0.25) is 10.0 Å². The summed E-state index contributed by atoms with van der Waals surface area (Å²) in [6.45, 7) is 11.5. The molecule has 31 heavy (non-hydrogen) atoms. The van der Waals surface area contributed by atoms with Gasteiger partial charge in [0.1, 0.15) is 11.6 Å². The van der Waals surface area contributed by atoms with Crippen molar-refractivity contribution >= 4 is 15.8 Å². The number of sulfonamides is 1. The lowest BCUT2D eigenvalue weighted by atomic mass is 10.2. The maximum atomic E-state index is 13.2. The number of aryl methyl sites for hydroxylation is 5. The zero-order valence-corrected chi connectivity index (χ0v) is 19.4. The number of benzene rings is 1.